The monoisotopic (exact) mass is 504 g/mol. The van der Waals surface area contributed by atoms with Crippen molar-refractivity contribution in [1.82, 2.24) is 14.5 Å². The van der Waals surface area contributed by atoms with Crippen molar-refractivity contribution in [2.75, 3.05) is 5.32 Å². The highest BCUT2D eigenvalue weighted by atomic mass is 32.1. The molecule has 15 heteroatoms. The maximum absolute atomic E-state index is 14.2. The number of aromatic amines is 1. The van der Waals surface area contributed by atoms with Crippen LogP contribution in [0.15, 0.2) is 32.1 Å². The van der Waals surface area contributed by atoms with Crippen LogP contribution >= 0.6 is 11.3 Å². The third-order valence-corrected chi connectivity index (χ3v) is 5.39. The number of hydrogen-bond acceptors (Lipinski definition) is 7. The van der Waals surface area contributed by atoms with Crippen LogP contribution in [0.2, 0.25) is 0 Å². The number of nitrogens with one attached hydrogen (secondary N) is 3. The highest BCUT2D eigenvalue weighted by Gasteiger charge is 2.36. The van der Waals surface area contributed by atoms with Crippen molar-refractivity contribution in [1.29, 1.82) is 5.41 Å². The van der Waals surface area contributed by atoms with Gasteiger partial charge >= 0.3 is 11.9 Å². The number of anilines is 1. The first-order valence-corrected chi connectivity index (χ1v) is 9.99. The minimum Gasteiger partial charge on any atom is -0.761 e. The van der Waals surface area contributed by atoms with Crippen molar-refractivity contribution in [2.24, 2.45) is 7.05 Å². The summed E-state index contributed by atoms with van der Waals surface area (Å²) in [6, 6.07) is 1.10. The molecule has 0 saturated carbocycles. The largest absolute Gasteiger partial charge is 0.761 e. The van der Waals surface area contributed by atoms with Crippen LogP contribution < -0.4 is 16.6 Å². The SMILES string of the molecule is Cn1c(=O)[nH]c([S-])c(C(=N)CC(=O)Nc2nc(-c3ccc(C(F)(F)F)c(F)c3F)cs2)c1=O. The van der Waals surface area contributed by atoms with Crippen LogP contribution in [0.5, 0.6) is 0 Å². The molecule has 33 heavy (non-hydrogen) atoms. The van der Waals surface area contributed by atoms with Crippen LogP contribution in [0.3, 0.4) is 0 Å². The fourth-order valence-electron chi connectivity index (χ4n) is 2.70. The molecule has 0 fully saturated rings. The Bertz CT molecular complexity index is 1390. The summed E-state index contributed by atoms with van der Waals surface area (Å²) in [5.74, 6) is -4.64. The Morgan fingerprint density at radius 1 is 1.27 bits per heavy atom. The molecule has 174 valence electrons. The van der Waals surface area contributed by atoms with E-state index in [9.17, 15) is 36.3 Å². The second-order valence-corrected chi connectivity index (χ2v) is 7.79. The van der Waals surface area contributed by atoms with E-state index in [4.69, 9.17) is 18.0 Å². The van der Waals surface area contributed by atoms with E-state index in [-0.39, 0.29) is 21.4 Å². The number of carbonyl (C=O) groups is 1. The van der Waals surface area contributed by atoms with E-state index in [1.165, 1.54) is 5.38 Å². The van der Waals surface area contributed by atoms with Crippen molar-refractivity contribution in [3.8, 4) is 11.3 Å². The lowest BCUT2D eigenvalue weighted by Gasteiger charge is -2.14. The maximum atomic E-state index is 14.2. The number of alkyl halides is 3. The fourth-order valence-corrected chi connectivity index (χ4v) is 3.72. The molecule has 2 aromatic heterocycles. The van der Waals surface area contributed by atoms with Crippen molar-refractivity contribution in [2.45, 2.75) is 17.6 Å². The highest BCUT2D eigenvalue weighted by Crippen LogP contribution is 2.36. The van der Waals surface area contributed by atoms with Gasteiger partial charge in [0.2, 0.25) is 5.91 Å². The molecular formula is C18H11F5N5O3S2-. The lowest BCUT2D eigenvalue weighted by molar-refractivity contribution is -0.140. The van der Waals surface area contributed by atoms with Gasteiger partial charge in [-0.2, -0.15) is 13.2 Å². The summed E-state index contributed by atoms with van der Waals surface area (Å²) in [7, 11) is 1.16. The van der Waals surface area contributed by atoms with Gasteiger partial charge in [0, 0.05) is 18.0 Å². The normalized spacial score (nSPS) is 11.5. The van der Waals surface area contributed by atoms with Crippen molar-refractivity contribution < 1.29 is 26.7 Å². The van der Waals surface area contributed by atoms with Gasteiger partial charge in [0.25, 0.3) is 5.56 Å². The molecule has 0 spiro atoms. The summed E-state index contributed by atoms with van der Waals surface area (Å²) in [6.45, 7) is 0. The molecule has 3 rings (SSSR count). The zero-order chi connectivity index (χ0) is 24.7. The van der Waals surface area contributed by atoms with E-state index in [1.807, 2.05) is 0 Å². The molecule has 1 amide bonds. The first-order valence-electron chi connectivity index (χ1n) is 8.70. The molecule has 0 radical (unpaired) electrons. The Hall–Kier alpha value is -3.46. The number of carbonyl (C=O) groups excluding carboxylic acids is 1. The molecular weight excluding hydrogens is 493 g/mol. The predicted octanol–water partition coefficient (Wildman–Crippen LogP) is 2.80. The zero-order valence-corrected chi connectivity index (χ0v) is 17.9. The standard InChI is InChI=1S/C18H12F5N5O3S2/c1-28-15(30)11(14(32)27-17(28)31)8(24)4-10(29)26-16-25-9(5-33-16)6-2-3-7(18(21,22)23)13(20)12(6)19/h2-3,5,24,32H,4H2,1H3,(H,27,31)(H,25,26,29)/p-1. The first kappa shape index (κ1) is 24.2. The van der Waals surface area contributed by atoms with Gasteiger partial charge in [0.1, 0.15) is 0 Å². The number of nitrogens with zero attached hydrogens (tertiary/aromatic N) is 2. The van der Waals surface area contributed by atoms with Crippen LogP contribution in [0.25, 0.3) is 11.3 Å². The van der Waals surface area contributed by atoms with Gasteiger partial charge in [-0.05, 0) is 12.1 Å². The Morgan fingerprint density at radius 3 is 2.58 bits per heavy atom. The van der Waals surface area contributed by atoms with E-state index < -0.39 is 58.2 Å². The smallest absolute Gasteiger partial charge is 0.419 e. The molecule has 0 aliphatic rings. The van der Waals surface area contributed by atoms with Gasteiger partial charge in [0.05, 0.1) is 29.0 Å². The Balaban J connectivity index is 1.78. The minimum atomic E-state index is -5.08. The fraction of sp³-hybridized carbons (Fsp3) is 0.167. The molecule has 0 saturated heterocycles. The van der Waals surface area contributed by atoms with Crippen LogP contribution in [0.1, 0.15) is 17.5 Å². The van der Waals surface area contributed by atoms with E-state index in [0.29, 0.717) is 16.7 Å². The average Bonchev–Trinajstić information content (AvgIpc) is 3.15. The molecule has 0 aliphatic carbocycles. The molecule has 0 unspecified atom stereocenters. The number of thiazole rings is 1. The maximum Gasteiger partial charge on any atom is 0.419 e. The van der Waals surface area contributed by atoms with Gasteiger partial charge in [-0.1, -0.05) is 5.03 Å². The first-order chi connectivity index (χ1) is 15.3. The quantitative estimate of drug-likeness (QED) is 0.214. The number of aromatic nitrogens is 3. The second kappa shape index (κ2) is 8.82. The van der Waals surface area contributed by atoms with Gasteiger partial charge in [0.15, 0.2) is 16.8 Å². The zero-order valence-electron chi connectivity index (χ0n) is 16.3. The van der Waals surface area contributed by atoms with E-state index in [1.54, 1.807) is 0 Å². The van der Waals surface area contributed by atoms with Crippen molar-refractivity contribution in [3.05, 3.63) is 61.1 Å². The number of amides is 1. The van der Waals surface area contributed by atoms with E-state index in [0.717, 1.165) is 18.4 Å². The lowest BCUT2D eigenvalue weighted by atomic mass is 10.1. The lowest BCUT2D eigenvalue weighted by Crippen LogP contribution is -2.37. The topological polar surface area (TPSA) is 121 Å². The summed E-state index contributed by atoms with van der Waals surface area (Å²) >= 11 is 5.64. The molecule has 0 atom stereocenters. The molecule has 3 aromatic rings. The number of hydrogen-bond donors (Lipinski definition) is 3. The summed E-state index contributed by atoms with van der Waals surface area (Å²) < 4.78 is 66.7. The number of rotatable bonds is 5. The second-order valence-electron chi connectivity index (χ2n) is 6.53. The molecule has 1 aromatic carbocycles. The Kier molecular flexibility index (Phi) is 6.46. The minimum absolute atomic E-state index is 0.115. The van der Waals surface area contributed by atoms with Gasteiger partial charge in [-0.25, -0.2) is 18.6 Å². The van der Waals surface area contributed by atoms with Gasteiger partial charge < -0.3 is 28.3 Å². The Morgan fingerprint density at radius 2 is 1.94 bits per heavy atom. The third-order valence-electron chi connectivity index (χ3n) is 4.32. The third kappa shape index (κ3) is 4.83. The highest BCUT2D eigenvalue weighted by molar-refractivity contribution is 7.58. The van der Waals surface area contributed by atoms with Gasteiger partial charge in [-0.15, -0.1) is 11.3 Å². The molecule has 8 nitrogen and oxygen atoms in total. The molecule has 2 heterocycles. The van der Waals surface area contributed by atoms with E-state index in [2.05, 4.69) is 15.3 Å². The molecule has 0 aliphatic heterocycles. The van der Waals surface area contributed by atoms with Crippen molar-refractivity contribution >= 4 is 40.7 Å². The van der Waals surface area contributed by atoms with Crippen LogP contribution in [-0.4, -0.2) is 26.2 Å². The number of H-pyrrole nitrogens is 1. The average molecular weight is 504 g/mol. The van der Waals surface area contributed by atoms with Crippen LogP contribution in [-0.2, 0) is 30.6 Å². The van der Waals surface area contributed by atoms with Crippen LogP contribution in [0, 0.1) is 17.0 Å². The summed E-state index contributed by atoms with van der Waals surface area (Å²) in [5, 5.41) is 11.0. The summed E-state index contributed by atoms with van der Waals surface area (Å²) in [6.07, 6.45) is -5.71. The predicted molar refractivity (Wildman–Crippen MR) is 110 cm³/mol. The number of benzene rings is 1. The van der Waals surface area contributed by atoms with Gasteiger partial charge in [-0.3, -0.25) is 14.2 Å². The summed E-state index contributed by atoms with van der Waals surface area (Å²) in [4.78, 5) is 41.9. The van der Waals surface area contributed by atoms with E-state index >= 15 is 0 Å². The molecule has 0 bridgehead atoms. The Labute approximate surface area is 190 Å². The molecule has 3 N–H and O–H groups in total. The number of halogens is 5. The van der Waals surface area contributed by atoms with Crippen molar-refractivity contribution in [3.63, 3.8) is 0 Å². The summed E-state index contributed by atoms with van der Waals surface area (Å²) in [5.41, 5.74) is -5.01. The van der Waals surface area contributed by atoms with Crippen LogP contribution in [0.4, 0.5) is 27.1 Å².